The summed E-state index contributed by atoms with van der Waals surface area (Å²) in [6.07, 6.45) is 3.40. The smallest absolute Gasteiger partial charge is 0.239 e. The molecule has 18 heavy (non-hydrogen) atoms. The Morgan fingerprint density at radius 3 is 2.67 bits per heavy atom. The van der Waals surface area contributed by atoms with E-state index in [1.54, 1.807) is 36.3 Å². The monoisotopic (exact) mass is 241 g/mol. The summed E-state index contributed by atoms with van der Waals surface area (Å²) in [6.45, 7) is 0. The van der Waals surface area contributed by atoms with Crippen molar-refractivity contribution in [2.75, 3.05) is 5.32 Å². The number of allylic oxidation sites excluding steroid dienone is 2. The number of anilines is 1. The lowest BCUT2D eigenvalue weighted by molar-refractivity contribution is -0.127. The van der Waals surface area contributed by atoms with Gasteiger partial charge in [0, 0.05) is 12.1 Å². The number of hydrogen-bond donors (Lipinski definition) is 1. The molecule has 1 aliphatic rings. The van der Waals surface area contributed by atoms with Gasteiger partial charge in [-0.2, -0.15) is 0 Å². The molecule has 0 radical (unpaired) electrons. The average molecular weight is 241 g/mol. The standard InChI is InChI=1S/C14H11NO3/c16-9-10-5-4-8-12(13(10)17)14(18)15-11-6-2-1-3-7-11/h1-4,6-8,12H,5H2,(H,15,18). The Morgan fingerprint density at radius 2 is 2.00 bits per heavy atom. The van der Waals surface area contributed by atoms with Crippen LogP contribution in [0.15, 0.2) is 48.1 Å². The average Bonchev–Trinajstić information content (AvgIpc) is 2.40. The minimum atomic E-state index is -0.935. The fourth-order valence-electron chi connectivity index (χ4n) is 1.74. The van der Waals surface area contributed by atoms with Crippen LogP contribution in [-0.2, 0) is 14.4 Å². The quantitative estimate of drug-likeness (QED) is 0.369. The molecular formula is C14H11NO3. The summed E-state index contributed by atoms with van der Waals surface area (Å²) in [5.74, 6) is -0.253. The molecule has 4 nitrogen and oxygen atoms in total. The first-order chi connectivity index (χ1) is 8.72. The molecule has 0 fully saturated rings. The first kappa shape index (κ1) is 12.0. The van der Waals surface area contributed by atoms with E-state index in [2.05, 4.69) is 5.32 Å². The van der Waals surface area contributed by atoms with Gasteiger partial charge in [-0.15, -0.1) is 0 Å². The van der Waals surface area contributed by atoms with Crippen molar-refractivity contribution in [1.82, 2.24) is 0 Å². The molecule has 4 heteroatoms. The second-order valence-electron chi connectivity index (χ2n) is 3.91. The Hall–Kier alpha value is -2.45. The predicted octanol–water partition coefficient (Wildman–Crippen LogP) is 1.53. The summed E-state index contributed by atoms with van der Waals surface area (Å²) in [6, 6.07) is 8.85. The van der Waals surface area contributed by atoms with Gasteiger partial charge >= 0.3 is 0 Å². The summed E-state index contributed by atoms with van der Waals surface area (Å²) in [5.41, 5.74) is 0.636. The maximum absolute atomic E-state index is 11.9. The summed E-state index contributed by atoms with van der Waals surface area (Å²) >= 11 is 0. The number of nitrogens with one attached hydrogen (secondary N) is 1. The SMILES string of the molecule is O=C=C1CC=CC(C(=O)Nc2ccccc2)C1=O. The zero-order chi connectivity index (χ0) is 13.0. The molecule has 0 saturated heterocycles. The maximum Gasteiger partial charge on any atom is 0.239 e. The molecular weight excluding hydrogens is 230 g/mol. The van der Waals surface area contributed by atoms with E-state index in [9.17, 15) is 14.4 Å². The first-order valence-electron chi connectivity index (χ1n) is 5.53. The van der Waals surface area contributed by atoms with Gasteiger partial charge in [0.05, 0.1) is 5.57 Å². The molecule has 0 aromatic heterocycles. The zero-order valence-corrected chi connectivity index (χ0v) is 9.55. The highest BCUT2D eigenvalue weighted by Crippen LogP contribution is 2.19. The van der Waals surface area contributed by atoms with Crippen LogP contribution in [0.5, 0.6) is 0 Å². The predicted molar refractivity (Wildman–Crippen MR) is 66.5 cm³/mol. The van der Waals surface area contributed by atoms with Crippen molar-refractivity contribution < 1.29 is 14.4 Å². The van der Waals surface area contributed by atoms with E-state index in [0.717, 1.165) is 0 Å². The molecule has 0 spiro atoms. The summed E-state index contributed by atoms with van der Waals surface area (Å²) in [5, 5.41) is 2.63. The second kappa shape index (κ2) is 5.25. The lowest BCUT2D eigenvalue weighted by atomic mass is 9.90. The Balaban J connectivity index is 2.15. The fourth-order valence-corrected chi connectivity index (χ4v) is 1.74. The van der Waals surface area contributed by atoms with Crippen LogP contribution in [0.25, 0.3) is 0 Å². The van der Waals surface area contributed by atoms with Crippen molar-refractivity contribution in [3.63, 3.8) is 0 Å². The molecule has 1 atom stereocenters. The van der Waals surface area contributed by atoms with Crippen molar-refractivity contribution in [2.24, 2.45) is 5.92 Å². The highest BCUT2D eigenvalue weighted by molar-refractivity contribution is 6.18. The van der Waals surface area contributed by atoms with Crippen LogP contribution in [-0.4, -0.2) is 17.6 Å². The van der Waals surface area contributed by atoms with Crippen molar-refractivity contribution in [2.45, 2.75) is 6.42 Å². The van der Waals surface area contributed by atoms with Crippen molar-refractivity contribution in [3.8, 4) is 0 Å². The number of Topliss-reactive ketones (excluding diaryl/α,β-unsaturated/α-hetero) is 1. The Bertz CT molecular complexity index is 554. The first-order valence-corrected chi connectivity index (χ1v) is 5.53. The summed E-state index contributed by atoms with van der Waals surface area (Å²) in [4.78, 5) is 34.2. The van der Waals surface area contributed by atoms with E-state index >= 15 is 0 Å². The van der Waals surface area contributed by atoms with Gasteiger partial charge in [0.2, 0.25) is 5.91 Å². The molecule has 0 bridgehead atoms. The Morgan fingerprint density at radius 1 is 1.28 bits per heavy atom. The molecule has 1 amide bonds. The third kappa shape index (κ3) is 2.44. The van der Waals surface area contributed by atoms with E-state index < -0.39 is 17.6 Å². The summed E-state index contributed by atoms with van der Waals surface area (Å²) in [7, 11) is 0. The Kier molecular flexibility index (Phi) is 3.51. The van der Waals surface area contributed by atoms with Gasteiger partial charge in [-0.05, 0) is 12.1 Å². The minimum Gasteiger partial charge on any atom is -0.325 e. The lowest BCUT2D eigenvalue weighted by Gasteiger charge is -2.15. The van der Waals surface area contributed by atoms with Crippen LogP contribution in [0.2, 0.25) is 0 Å². The molecule has 0 aliphatic heterocycles. The van der Waals surface area contributed by atoms with Gasteiger partial charge in [-0.3, -0.25) is 9.59 Å². The topological polar surface area (TPSA) is 63.2 Å². The van der Waals surface area contributed by atoms with Gasteiger partial charge in [-0.25, -0.2) is 4.79 Å². The van der Waals surface area contributed by atoms with Gasteiger partial charge < -0.3 is 5.32 Å². The largest absolute Gasteiger partial charge is 0.325 e. The number of ketones is 1. The van der Waals surface area contributed by atoms with E-state index in [1.165, 1.54) is 6.08 Å². The Labute approximate surface area is 104 Å². The molecule has 1 aromatic carbocycles. The van der Waals surface area contributed by atoms with Crippen LogP contribution in [0, 0.1) is 5.92 Å². The van der Waals surface area contributed by atoms with Crippen LogP contribution in [0.4, 0.5) is 5.69 Å². The van der Waals surface area contributed by atoms with Crippen molar-refractivity contribution >= 4 is 23.3 Å². The molecule has 2 rings (SSSR count). The molecule has 0 saturated carbocycles. The number of benzene rings is 1. The van der Waals surface area contributed by atoms with Crippen molar-refractivity contribution in [3.05, 3.63) is 48.1 Å². The van der Waals surface area contributed by atoms with E-state index in [4.69, 9.17) is 0 Å². The number of para-hydroxylation sites is 1. The molecule has 1 unspecified atom stereocenters. The second-order valence-corrected chi connectivity index (χ2v) is 3.91. The molecule has 1 N–H and O–H groups in total. The third-order valence-electron chi connectivity index (χ3n) is 2.68. The molecule has 1 aliphatic carbocycles. The zero-order valence-electron chi connectivity index (χ0n) is 9.55. The van der Waals surface area contributed by atoms with Crippen LogP contribution >= 0.6 is 0 Å². The van der Waals surface area contributed by atoms with Gasteiger partial charge in [0.25, 0.3) is 0 Å². The number of carbonyl (C=O) groups is 2. The maximum atomic E-state index is 11.9. The normalized spacial score (nSPS) is 18.3. The van der Waals surface area contributed by atoms with Crippen LogP contribution in [0.1, 0.15) is 6.42 Å². The lowest BCUT2D eigenvalue weighted by Crippen LogP contribution is -2.31. The highest BCUT2D eigenvalue weighted by atomic mass is 16.2. The van der Waals surface area contributed by atoms with Crippen molar-refractivity contribution in [1.29, 1.82) is 0 Å². The van der Waals surface area contributed by atoms with Gasteiger partial charge in [-0.1, -0.05) is 30.4 Å². The minimum absolute atomic E-state index is 0.0192. The van der Waals surface area contributed by atoms with Crippen LogP contribution < -0.4 is 5.32 Å². The van der Waals surface area contributed by atoms with Gasteiger partial charge in [0.15, 0.2) is 5.78 Å². The van der Waals surface area contributed by atoms with E-state index in [1.807, 2.05) is 6.07 Å². The number of rotatable bonds is 2. The highest BCUT2D eigenvalue weighted by Gasteiger charge is 2.29. The molecule has 1 aromatic rings. The van der Waals surface area contributed by atoms with Crippen LogP contribution in [0.3, 0.4) is 0 Å². The molecule has 0 heterocycles. The number of hydrogen-bond acceptors (Lipinski definition) is 3. The third-order valence-corrected chi connectivity index (χ3v) is 2.68. The summed E-state index contributed by atoms with van der Waals surface area (Å²) < 4.78 is 0. The van der Waals surface area contributed by atoms with E-state index in [-0.39, 0.29) is 12.0 Å². The number of carbonyl (C=O) groups excluding carboxylic acids is 3. The van der Waals surface area contributed by atoms with Gasteiger partial charge in [0.1, 0.15) is 11.9 Å². The number of amides is 1. The van der Waals surface area contributed by atoms with E-state index in [0.29, 0.717) is 5.69 Å². The molecule has 90 valence electrons. The fraction of sp³-hybridized carbons (Fsp3) is 0.143.